The van der Waals surface area contributed by atoms with Gasteiger partial charge in [0, 0.05) is 18.8 Å². The largest absolute Gasteiger partial charge is 0.497 e. The molecule has 0 aliphatic carbocycles. The summed E-state index contributed by atoms with van der Waals surface area (Å²) in [7, 11) is 1.66. The molecule has 0 fully saturated rings. The third-order valence-corrected chi connectivity index (χ3v) is 4.02. The predicted octanol–water partition coefficient (Wildman–Crippen LogP) is 1.68. The van der Waals surface area contributed by atoms with Gasteiger partial charge in [0.25, 0.3) is 0 Å². The average Bonchev–Trinajstić information content (AvgIpc) is 2.54. The summed E-state index contributed by atoms with van der Waals surface area (Å²) < 4.78 is 5.26. The lowest BCUT2D eigenvalue weighted by atomic mass is 10.0. The maximum absolute atomic E-state index is 12.6. The van der Waals surface area contributed by atoms with Crippen molar-refractivity contribution in [3.8, 4) is 5.75 Å². The maximum atomic E-state index is 12.6. The van der Waals surface area contributed by atoms with Crippen LogP contribution in [0.2, 0.25) is 0 Å². The molecule has 1 amide bonds. The Kier molecular flexibility index (Phi) is 6.21. The Hall–Kier alpha value is -1.59. The van der Waals surface area contributed by atoms with E-state index in [1.165, 1.54) is 5.56 Å². The molecule has 22 heavy (non-hydrogen) atoms. The zero-order chi connectivity index (χ0) is 15.9. The summed E-state index contributed by atoms with van der Waals surface area (Å²) in [4.78, 5) is 16.5. The number of aliphatic hydroxyl groups excluding tert-OH is 1. The lowest BCUT2D eigenvalue weighted by Gasteiger charge is -2.32. The van der Waals surface area contributed by atoms with Crippen LogP contribution in [0.15, 0.2) is 18.2 Å². The molecule has 122 valence electrons. The number of hydrogen-bond acceptors (Lipinski definition) is 4. The van der Waals surface area contributed by atoms with Gasteiger partial charge in [0.15, 0.2) is 0 Å². The minimum atomic E-state index is 0.0844. The van der Waals surface area contributed by atoms with Gasteiger partial charge in [-0.2, -0.15) is 0 Å². The molecule has 1 N–H and O–H groups in total. The van der Waals surface area contributed by atoms with E-state index in [4.69, 9.17) is 9.84 Å². The Labute approximate surface area is 132 Å². The molecule has 5 nitrogen and oxygen atoms in total. The minimum absolute atomic E-state index is 0.0844. The van der Waals surface area contributed by atoms with Crippen molar-refractivity contribution in [2.75, 3.05) is 44.8 Å². The summed E-state index contributed by atoms with van der Waals surface area (Å²) in [6, 6.07) is 5.90. The number of benzene rings is 1. The lowest BCUT2D eigenvalue weighted by Crippen LogP contribution is -2.43. The van der Waals surface area contributed by atoms with Crippen molar-refractivity contribution in [1.29, 1.82) is 0 Å². The van der Waals surface area contributed by atoms with Gasteiger partial charge in [0.2, 0.25) is 5.91 Å². The number of nitrogens with zero attached hydrogens (tertiary/aromatic N) is 2. The number of fused-ring (bicyclic) bond motifs is 1. The molecule has 1 aromatic rings. The van der Waals surface area contributed by atoms with Crippen LogP contribution in [0.4, 0.5) is 5.69 Å². The van der Waals surface area contributed by atoms with Gasteiger partial charge in [-0.25, -0.2) is 0 Å². The van der Waals surface area contributed by atoms with Crippen LogP contribution in [0, 0.1) is 0 Å². The summed E-state index contributed by atoms with van der Waals surface area (Å²) in [6.45, 7) is 4.66. The second kappa shape index (κ2) is 8.15. The van der Waals surface area contributed by atoms with Gasteiger partial charge in [-0.1, -0.05) is 6.92 Å². The van der Waals surface area contributed by atoms with E-state index < -0.39 is 0 Å². The number of amides is 1. The predicted molar refractivity (Wildman–Crippen MR) is 87.5 cm³/mol. The third-order valence-electron chi connectivity index (χ3n) is 4.02. The topological polar surface area (TPSA) is 53.0 Å². The summed E-state index contributed by atoms with van der Waals surface area (Å²) >= 11 is 0. The molecule has 0 aromatic heterocycles. The number of carbonyl (C=O) groups excluding carboxylic acids is 1. The first kappa shape index (κ1) is 16.8. The zero-order valence-corrected chi connectivity index (χ0v) is 13.5. The molecular weight excluding hydrogens is 280 g/mol. The SMILES string of the molecule is CCCN(CCO)CC(=O)N1CCCc2cc(OC)ccc21. The number of methoxy groups -OCH3 is 1. The van der Waals surface area contributed by atoms with Crippen LogP contribution in [0.25, 0.3) is 0 Å². The zero-order valence-electron chi connectivity index (χ0n) is 13.5. The molecule has 0 saturated heterocycles. The highest BCUT2D eigenvalue weighted by molar-refractivity contribution is 5.96. The van der Waals surface area contributed by atoms with E-state index in [0.717, 1.165) is 43.8 Å². The van der Waals surface area contributed by atoms with Crippen molar-refractivity contribution >= 4 is 11.6 Å². The number of aliphatic hydroxyl groups is 1. The highest BCUT2D eigenvalue weighted by Gasteiger charge is 2.24. The van der Waals surface area contributed by atoms with Crippen LogP contribution >= 0.6 is 0 Å². The number of hydrogen-bond donors (Lipinski definition) is 1. The molecule has 0 saturated carbocycles. The lowest BCUT2D eigenvalue weighted by molar-refractivity contribution is -0.119. The number of anilines is 1. The van der Waals surface area contributed by atoms with Gasteiger partial charge in [0.05, 0.1) is 20.3 Å². The Morgan fingerprint density at radius 2 is 2.23 bits per heavy atom. The molecule has 0 bridgehead atoms. The molecule has 5 heteroatoms. The second-order valence-corrected chi connectivity index (χ2v) is 5.64. The van der Waals surface area contributed by atoms with E-state index in [1.807, 2.05) is 28.0 Å². The number of ether oxygens (including phenoxy) is 1. The van der Waals surface area contributed by atoms with Crippen LogP contribution in [0.5, 0.6) is 5.75 Å². The highest BCUT2D eigenvalue weighted by atomic mass is 16.5. The molecule has 1 aliphatic heterocycles. The Morgan fingerprint density at radius 3 is 2.91 bits per heavy atom. The molecule has 0 atom stereocenters. The normalized spacial score (nSPS) is 14.1. The monoisotopic (exact) mass is 306 g/mol. The van der Waals surface area contributed by atoms with Gasteiger partial charge in [-0.15, -0.1) is 0 Å². The van der Waals surface area contributed by atoms with Crippen LogP contribution in [0.1, 0.15) is 25.3 Å². The van der Waals surface area contributed by atoms with Crippen molar-refractivity contribution < 1.29 is 14.6 Å². The van der Waals surface area contributed by atoms with Crippen molar-refractivity contribution in [3.63, 3.8) is 0 Å². The summed E-state index contributed by atoms with van der Waals surface area (Å²) in [5.41, 5.74) is 2.17. The Balaban J connectivity index is 2.11. The van der Waals surface area contributed by atoms with E-state index in [-0.39, 0.29) is 12.5 Å². The van der Waals surface area contributed by atoms with Gasteiger partial charge in [-0.05, 0) is 49.6 Å². The molecule has 0 unspecified atom stereocenters. The van der Waals surface area contributed by atoms with Gasteiger partial charge in [0.1, 0.15) is 5.75 Å². The maximum Gasteiger partial charge on any atom is 0.241 e. The first-order valence-electron chi connectivity index (χ1n) is 8.00. The van der Waals surface area contributed by atoms with Crippen LogP contribution in [0.3, 0.4) is 0 Å². The molecule has 1 heterocycles. The van der Waals surface area contributed by atoms with Crippen LogP contribution in [-0.4, -0.2) is 55.8 Å². The number of rotatable bonds is 7. The first-order valence-corrected chi connectivity index (χ1v) is 8.00. The molecule has 1 aliphatic rings. The fraction of sp³-hybridized carbons (Fsp3) is 0.588. The van der Waals surface area contributed by atoms with Gasteiger partial charge in [-0.3, -0.25) is 9.69 Å². The quantitative estimate of drug-likeness (QED) is 0.833. The smallest absolute Gasteiger partial charge is 0.241 e. The molecule has 1 aromatic carbocycles. The summed E-state index contributed by atoms with van der Waals surface area (Å²) in [5, 5.41) is 9.12. The fourth-order valence-electron chi connectivity index (χ4n) is 2.96. The van der Waals surface area contributed by atoms with E-state index in [0.29, 0.717) is 13.1 Å². The van der Waals surface area contributed by atoms with Gasteiger partial charge >= 0.3 is 0 Å². The molecule has 0 radical (unpaired) electrons. The van der Waals surface area contributed by atoms with Crippen LogP contribution < -0.4 is 9.64 Å². The van der Waals surface area contributed by atoms with E-state index in [9.17, 15) is 4.79 Å². The van der Waals surface area contributed by atoms with E-state index in [1.54, 1.807) is 7.11 Å². The summed E-state index contributed by atoms with van der Waals surface area (Å²) in [5.74, 6) is 0.939. The molecular formula is C17H26N2O3. The van der Waals surface area contributed by atoms with Crippen LogP contribution in [-0.2, 0) is 11.2 Å². The van der Waals surface area contributed by atoms with Crippen molar-refractivity contribution in [2.45, 2.75) is 26.2 Å². The van der Waals surface area contributed by atoms with Gasteiger partial charge < -0.3 is 14.7 Å². The first-order chi connectivity index (χ1) is 10.7. The minimum Gasteiger partial charge on any atom is -0.497 e. The van der Waals surface area contributed by atoms with E-state index in [2.05, 4.69) is 6.92 Å². The standard InChI is InChI=1S/C17H26N2O3/c1-3-8-18(10-11-20)13-17(21)19-9-4-5-14-12-15(22-2)6-7-16(14)19/h6-7,12,20H,3-5,8-11,13H2,1-2H3. The van der Waals surface area contributed by atoms with Crippen molar-refractivity contribution in [2.24, 2.45) is 0 Å². The second-order valence-electron chi connectivity index (χ2n) is 5.64. The molecule has 2 rings (SSSR count). The highest BCUT2D eigenvalue weighted by Crippen LogP contribution is 2.30. The van der Waals surface area contributed by atoms with Crippen molar-refractivity contribution in [3.05, 3.63) is 23.8 Å². The molecule has 0 spiro atoms. The third kappa shape index (κ3) is 3.99. The number of aryl methyl sites for hydroxylation is 1. The Bertz CT molecular complexity index is 499. The van der Waals surface area contributed by atoms with Crippen molar-refractivity contribution in [1.82, 2.24) is 4.90 Å². The Morgan fingerprint density at radius 1 is 1.41 bits per heavy atom. The number of carbonyl (C=O) groups is 1. The summed E-state index contributed by atoms with van der Waals surface area (Å²) in [6.07, 6.45) is 2.92. The van der Waals surface area contributed by atoms with E-state index >= 15 is 0 Å². The average molecular weight is 306 g/mol. The fourth-order valence-corrected chi connectivity index (χ4v) is 2.96.